The smallest absolute Gasteiger partial charge is 0.324 e. The Kier molecular flexibility index (Phi) is 2.12. The van der Waals surface area contributed by atoms with Crippen molar-refractivity contribution in [1.29, 1.82) is 0 Å². The lowest BCUT2D eigenvalue weighted by Crippen LogP contribution is -2.34. The second-order valence-electron chi connectivity index (χ2n) is 3.62. The molecule has 2 atom stereocenters. The number of carbonyl (C=O) groups is 1. The predicted octanol–water partition coefficient (Wildman–Crippen LogP) is 1.72. The van der Waals surface area contributed by atoms with Crippen LogP contribution in [0, 0.1) is 0 Å². The zero-order valence-electron chi connectivity index (χ0n) is 7.40. The van der Waals surface area contributed by atoms with Crippen LogP contribution >= 0.6 is 15.9 Å². The molecule has 0 amide bonds. The molecule has 0 bridgehead atoms. The van der Waals surface area contributed by atoms with E-state index in [2.05, 4.69) is 15.9 Å². The van der Waals surface area contributed by atoms with Crippen LogP contribution in [-0.4, -0.2) is 16.6 Å². The van der Waals surface area contributed by atoms with Gasteiger partial charge in [-0.05, 0) is 18.1 Å². The van der Waals surface area contributed by atoms with Crippen molar-refractivity contribution in [2.24, 2.45) is 5.73 Å². The summed E-state index contributed by atoms with van der Waals surface area (Å²) >= 11 is 3.39. The van der Waals surface area contributed by atoms with Gasteiger partial charge < -0.3 is 10.8 Å². The van der Waals surface area contributed by atoms with Crippen molar-refractivity contribution in [2.75, 3.05) is 0 Å². The second-order valence-corrected chi connectivity index (χ2v) is 4.48. The SMILES string of the molecule is N[C@]1(C(=O)O)C[C@H]1c1ccccc1Br. The van der Waals surface area contributed by atoms with E-state index in [1.54, 1.807) is 0 Å². The highest BCUT2D eigenvalue weighted by atomic mass is 79.9. The average molecular weight is 256 g/mol. The maximum absolute atomic E-state index is 10.8. The standard InChI is InChI=1S/C10H10BrNO2/c11-8-4-2-1-3-6(8)7-5-10(7,12)9(13)14/h1-4,7H,5,12H2,(H,13,14)/t7-,10+/m0/s1. The lowest BCUT2D eigenvalue weighted by Gasteiger charge is -2.06. The van der Waals surface area contributed by atoms with Gasteiger partial charge in [-0.3, -0.25) is 4.79 Å². The molecule has 74 valence electrons. The van der Waals surface area contributed by atoms with Crippen molar-refractivity contribution < 1.29 is 9.90 Å². The number of benzene rings is 1. The molecule has 1 aliphatic rings. The van der Waals surface area contributed by atoms with E-state index in [1.807, 2.05) is 24.3 Å². The number of hydrogen-bond donors (Lipinski definition) is 2. The Morgan fingerprint density at radius 3 is 2.71 bits per heavy atom. The quantitative estimate of drug-likeness (QED) is 0.846. The van der Waals surface area contributed by atoms with Crippen LogP contribution < -0.4 is 5.73 Å². The van der Waals surface area contributed by atoms with Crippen LogP contribution in [0.5, 0.6) is 0 Å². The van der Waals surface area contributed by atoms with Crippen LogP contribution in [0.3, 0.4) is 0 Å². The molecule has 14 heavy (non-hydrogen) atoms. The first-order valence-electron chi connectivity index (χ1n) is 4.32. The second kappa shape index (κ2) is 3.07. The summed E-state index contributed by atoms with van der Waals surface area (Å²) in [5.74, 6) is -0.978. The fraction of sp³-hybridized carbons (Fsp3) is 0.300. The maximum atomic E-state index is 10.8. The third kappa shape index (κ3) is 1.35. The van der Waals surface area contributed by atoms with E-state index >= 15 is 0 Å². The molecule has 0 heterocycles. The Hall–Kier alpha value is -0.870. The Morgan fingerprint density at radius 2 is 2.21 bits per heavy atom. The van der Waals surface area contributed by atoms with Gasteiger partial charge in [-0.25, -0.2) is 0 Å². The van der Waals surface area contributed by atoms with Crippen LogP contribution in [0.4, 0.5) is 0 Å². The minimum atomic E-state index is -1.05. The molecule has 0 radical (unpaired) electrons. The van der Waals surface area contributed by atoms with Crippen molar-refractivity contribution >= 4 is 21.9 Å². The molecule has 0 aliphatic heterocycles. The first-order chi connectivity index (χ1) is 6.55. The summed E-state index contributed by atoms with van der Waals surface area (Å²) < 4.78 is 0.929. The molecule has 3 nitrogen and oxygen atoms in total. The molecule has 1 aliphatic carbocycles. The van der Waals surface area contributed by atoms with Crippen molar-refractivity contribution in [1.82, 2.24) is 0 Å². The largest absolute Gasteiger partial charge is 0.480 e. The summed E-state index contributed by atoms with van der Waals surface area (Å²) in [6.07, 6.45) is 0.519. The maximum Gasteiger partial charge on any atom is 0.324 e. The molecule has 1 aromatic rings. The lowest BCUT2D eigenvalue weighted by atomic mass is 10.1. The molecule has 1 saturated carbocycles. The number of carboxylic acid groups (broad SMARTS) is 1. The van der Waals surface area contributed by atoms with E-state index < -0.39 is 11.5 Å². The minimum Gasteiger partial charge on any atom is -0.480 e. The molecule has 3 N–H and O–H groups in total. The fourth-order valence-electron chi connectivity index (χ4n) is 1.66. The molecule has 0 spiro atoms. The van der Waals surface area contributed by atoms with E-state index in [9.17, 15) is 4.79 Å². The number of aliphatic carboxylic acids is 1. The normalized spacial score (nSPS) is 30.0. The summed E-state index contributed by atoms with van der Waals surface area (Å²) in [5.41, 5.74) is 5.65. The van der Waals surface area contributed by atoms with Crippen LogP contribution in [0.2, 0.25) is 0 Å². The third-order valence-corrected chi connectivity index (χ3v) is 3.40. The van der Waals surface area contributed by atoms with Gasteiger partial charge in [0.15, 0.2) is 0 Å². The first-order valence-corrected chi connectivity index (χ1v) is 5.11. The van der Waals surface area contributed by atoms with E-state index in [-0.39, 0.29) is 5.92 Å². The molecule has 0 saturated heterocycles. The molecule has 2 rings (SSSR count). The average Bonchev–Trinajstić information content (AvgIpc) is 2.80. The predicted molar refractivity (Wildman–Crippen MR) is 56.1 cm³/mol. The molecular weight excluding hydrogens is 246 g/mol. The van der Waals surface area contributed by atoms with Gasteiger partial charge in [0, 0.05) is 10.4 Å². The van der Waals surface area contributed by atoms with Crippen LogP contribution in [-0.2, 0) is 4.79 Å². The van der Waals surface area contributed by atoms with E-state index in [1.165, 1.54) is 0 Å². The molecule has 0 aromatic heterocycles. The Bertz CT molecular complexity index is 393. The summed E-state index contributed by atoms with van der Waals surface area (Å²) in [4.78, 5) is 10.8. The zero-order valence-corrected chi connectivity index (χ0v) is 8.99. The van der Waals surface area contributed by atoms with Crippen molar-refractivity contribution in [3.63, 3.8) is 0 Å². The highest BCUT2D eigenvalue weighted by Crippen LogP contribution is 2.51. The topological polar surface area (TPSA) is 63.3 Å². The van der Waals surface area contributed by atoms with Crippen molar-refractivity contribution in [2.45, 2.75) is 17.9 Å². The summed E-state index contributed by atoms with van der Waals surface area (Å²) in [6, 6.07) is 7.60. The van der Waals surface area contributed by atoms with E-state index in [4.69, 9.17) is 10.8 Å². The van der Waals surface area contributed by atoms with E-state index in [0.29, 0.717) is 6.42 Å². The fourth-order valence-corrected chi connectivity index (χ4v) is 2.22. The number of halogens is 1. The molecular formula is C10H10BrNO2. The number of hydrogen-bond acceptors (Lipinski definition) is 2. The van der Waals surface area contributed by atoms with Gasteiger partial charge >= 0.3 is 5.97 Å². The highest BCUT2D eigenvalue weighted by molar-refractivity contribution is 9.10. The van der Waals surface area contributed by atoms with E-state index in [0.717, 1.165) is 10.0 Å². The van der Waals surface area contributed by atoms with Crippen LogP contribution in [0.25, 0.3) is 0 Å². The van der Waals surface area contributed by atoms with Gasteiger partial charge in [0.2, 0.25) is 0 Å². The Morgan fingerprint density at radius 1 is 1.57 bits per heavy atom. The molecule has 4 heteroatoms. The molecule has 1 fully saturated rings. The van der Waals surface area contributed by atoms with Gasteiger partial charge in [0.05, 0.1) is 0 Å². The van der Waals surface area contributed by atoms with Gasteiger partial charge in [-0.15, -0.1) is 0 Å². The number of nitrogens with two attached hydrogens (primary N) is 1. The van der Waals surface area contributed by atoms with Crippen LogP contribution in [0.1, 0.15) is 17.9 Å². The molecule has 1 aromatic carbocycles. The van der Waals surface area contributed by atoms with Gasteiger partial charge in [0.25, 0.3) is 0 Å². The Labute approximate surface area is 90.0 Å². The summed E-state index contributed by atoms with van der Waals surface area (Å²) in [6.45, 7) is 0. The highest BCUT2D eigenvalue weighted by Gasteiger charge is 2.58. The van der Waals surface area contributed by atoms with Gasteiger partial charge in [-0.2, -0.15) is 0 Å². The summed E-state index contributed by atoms with van der Waals surface area (Å²) in [7, 11) is 0. The zero-order chi connectivity index (χ0) is 10.3. The van der Waals surface area contributed by atoms with Crippen molar-refractivity contribution in [3.8, 4) is 0 Å². The Balaban J connectivity index is 2.29. The van der Waals surface area contributed by atoms with Gasteiger partial charge in [-0.1, -0.05) is 34.1 Å². The number of rotatable bonds is 2. The molecule has 0 unspecified atom stereocenters. The van der Waals surface area contributed by atoms with Crippen molar-refractivity contribution in [3.05, 3.63) is 34.3 Å². The third-order valence-electron chi connectivity index (χ3n) is 2.68. The monoisotopic (exact) mass is 255 g/mol. The lowest BCUT2D eigenvalue weighted by molar-refractivity contribution is -0.139. The van der Waals surface area contributed by atoms with Crippen LogP contribution in [0.15, 0.2) is 28.7 Å². The summed E-state index contributed by atoms with van der Waals surface area (Å²) in [5, 5.41) is 8.89. The number of carboxylic acids is 1. The minimum absolute atomic E-state index is 0.0597. The first kappa shape index (κ1) is 9.68. The van der Waals surface area contributed by atoms with Gasteiger partial charge in [0.1, 0.15) is 5.54 Å².